The Labute approximate surface area is 366 Å². The van der Waals surface area contributed by atoms with Crippen molar-refractivity contribution in [3.8, 4) is 0 Å². The van der Waals surface area contributed by atoms with Crippen molar-refractivity contribution in [2.45, 2.75) is 76.4 Å². The minimum absolute atomic E-state index is 0.405. The zero-order chi connectivity index (χ0) is 48.7. The minimum Gasteiger partial charge on any atom is -0.348 e. The quantitative estimate of drug-likeness (QED) is 0.0804. The van der Waals surface area contributed by atoms with Gasteiger partial charge in [-0.05, 0) is 67.4 Å². The third kappa shape index (κ3) is 23.3. The second-order valence-corrected chi connectivity index (χ2v) is 15.4. The van der Waals surface area contributed by atoms with Crippen molar-refractivity contribution in [3.63, 3.8) is 0 Å². The molecular formula is C46H69F9N8+6. The molecule has 8 nitrogen and oxygen atoms in total. The first-order valence-corrected chi connectivity index (χ1v) is 20.0. The summed E-state index contributed by atoms with van der Waals surface area (Å²) in [6.07, 6.45) is -12.8. The predicted molar refractivity (Wildman–Crippen MR) is 233 cm³/mol. The maximum atomic E-state index is 12.4. The number of rotatable bonds is 7. The van der Waals surface area contributed by atoms with Gasteiger partial charge in [0.05, 0.1) is 28.2 Å². The van der Waals surface area contributed by atoms with E-state index in [4.69, 9.17) is 5.73 Å². The van der Waals surface area contributed by atoms with Crippen molar-refractivity contribution in [2.75, 3.05) is 33.5 Å². The molecule has 0 bridgehead atoms. The Kier molecular flexibility index (Phi) is 25.1. The Morgan fingerprint density at radius 1 is 0.571 bits per heavy atom. The number of hydrogen-bond donors (Lipinski definition) is 8. The van der Waals surface area contributed by atoms with Crippen LogP contribution in [0.5, 0.6) is 0 Å². The van der Waals surface area contributed by atoms with Gasteiger partial charge in [0.1, 0.15) is 22.7 Å². The molecule has 63 heavy (non-hydrogen) atoms. The van der Waals surface area contributed by atoms with E-state index in [1.165, 1.54) is 39.5 Å². The van der Waals surface area contributed by atoms with Gasteiger partial charge in [0.2, 0.25) is 5.66 Å². The maximum Gasteiger partial charge on any atom is 0.465 e. The molecule has 0 radical (unpaired) electrons. The van der Waals surface area contributed by atoms with Gasteiger partial charge in [0.25, 0.3) is 5.66 Å². The third-order valence-corrected chi connectivity index (χ3v) is 9.03. The normalized spacial score (nSPS) is 13.6. The van der Waals surface area contributed by atoms with Gasteiger partial charge in [-0.25, -0.2) is 0 Å². The Hall–Kier alpha value is -5.01. The lowest BCUT2D eigenvalue weighted by molar-refractivity contribution is -0.786. The SMILES string of the molecule is CC(C)c1ccccc1[NH3+].CC([NH3+])(Nc1ccccc1)C(F)(F)F.CC([NH3+])C(F)(F)F.C[NH+](C)c1ccccc1.C[NH+](c1ccccc1)c1ccccc1.C[NH2+]C(C)(N)C(F)(F)F. The summed E-state index contributed by atoms with van der Waals surface area (Å²) in [7, 11) is 7.68. The zero-order valence-electron chi connectivity index (χ0n) is 37.7. The number of hydrogen-bond acceptors (Lipinski definition) is 2. The first-order valence-electron chi connectivity index (χ1n) is 20.0. The molecule has 0 amide bonds. The molecule has 5 aromatic carbocycles. The van der Waals surface area contributed by atoms with Crippen LogP contribution >= 0.6 is 0 Å². The topological polar surface area (TPSA) is 146 Å². The van der Waals surface area contributed by atoms with Gasteiger partial charge >= 0.3 is 18.5 Å². The number of quaternary nitrogens is 6. The lowest BCUT2D eigenvalue weighted by Gasteiger charge is -2.25. The average Bonchev–Trinajstić information content (AvgIpc) is 3.22. The molecule has 0 aliphatic carbocycles. The molecule has 0 heterocycles. The summed E-state index contributed by atoms with van der Waals surface area (Å²) in [5, 5.41) is 3.25. The fourth-order valence-electron chi connectivity index (χ4n) is 4.49. The summed E-state index contributed by atoms with van der Waals surface area (Å²) >= 11 is 0. The molecule has 350 valence electrons. The van der Waals surface area contributed by atoms with E-state index in [-0.39, 0.29) is 0 Å². The molecule has 0 saturated heterocycles. The van der Waals surface area contributed by atoms with E-state index >= 15 is 0 Å². The van der Waals surface area contributed by atoms with E-state index in [0.29, 0.717) is 11.6 Å². The van der Waals surface area contributed by atoms with E-state index in [0.717, 1.165) is 31.8 Å². The fraction of sp³-hybridized carbons (Fsp3) is 0.348. The highest BCUT2D eigenvalue weighted by atomic mass is 19.4. The molecule has 17 heteroatoms. The molecule has 5 aromatic rings. The number of benzene rings is 5. The summed E-state index contributed by atoms with van der Waals surface area (Å²) in [4.78, 5) is 2.70. The van der Waals surface area contributed by atoms with Crippen LogP contribution in [0.15, 0.2) is 146 Å². The standard InChI is InChI=1S/C13H13N.C9H11F3N2.C9H13N.C8H11N.C4H9F3N2.C3H6F3N/c1-14(12-8-4-2-5-9-12)13-10-6-3-7-11-13;1-8(13,9(10,11)12)14-7-5-3-2-4-6-7;1-7(2)8-5-3-4-6-9(8)10;1-9(2)8-6-4-3-5-7-8;1-3(8,9-2)4(5,6)7;1-2(7)3(4,5)6/h2-11H,1H3;2-6,14H,13H2,1H3;3-7H,10H2,1-2H3;3-7H,1-2H3;9H,8H2,1-2H3;2H,7H2,1H3/p+6. The molecule has 0 saturated carbocycles. The van der Waals surface area contributed by atoms with Crippen molar-refractivity contribution in [3.05, 3.63) is 151 Å². The largest absolute Gasteiger partial charge is 0.465 e. The van der Waals surface area contributed by atoms with Gasteiger partial charge in [-0.2, -0.15) is 39.5 Å². The van der Waals surface area contributed by atoms with Crippen LogP contribution in [0.2, 0.25) is 0 Å². The van der Waals surface area contributed by atoms with Crippen LogP contribution in [0.3, 0.4) is 0 Å². The average molecular weight is 905 g/mol. The van der Waals surface area contributed by atoms with Gasteiger partial charge in [-0.3, -0.25) is 10.6 Å². The first-order chi connectivity index (χ1) is 29.0. The van der Waals surface area contributed by atoms with Gasteiger partial charge in [0, 0.05) is 25.1 Å². The highest BCUT2D eigenvalue weighted by molar-refractivity contribution is 5.44. The van der Waals surface area contributed by atoms with E-state index in [1.807, 2.05) is 24.3 Å². The second-order valence-electron chi connectivity index (χ2n) is 15.4. The van der Waals surface area contributed by atoms with Gasteiger partial charge in [-0.15, -0.1) is 0 Å². The molecule has 3 unspecified atom stereocenters. The zero-order valence-corrected chi connectivity index (χ0v) is 37.7. The molecular weight excluding hydrogens is 836 g/mol. The number of halogens is 9. The molecule has 0 aliphatic rings. The maximum absolute atomic E-state index is 12.4. The molecule has 16 N–H and O–H groups in total. The van der Waals surface area contributed by atoms with Crippen molar-refractivity contribution in [1.29, 1.82) is 0 Å². The Bertz CT molecular complexity index is 1870. The minimum atomic E-state index is -4.37. The highest BCUT2D eigenvalue weighted by Gasteiger charge is 2.53. The highest BCUT2D eigenvalue weighted by Crippen LogP contribution is 2.27. The van der Waals surface area contributed by atoms with Gasteiger partial charge < -0.3 is 32.7 Å². The third-order valence-electron chi connectivity index (χ3n) is 9.03. The fourth-order valence-corrected chi connectivity index (χ4v) is 4.49. The molecule has 0 aromatic heterocycles. The van der Waals surface area contributed by atoms with Crippen LogP contribution in [-0.2, 0) is 0 Å². The lowest BCUT2D eigenvalue weighted by atomic mass is 10.0. The summed E-state index contributed by atoms with van der Waals surface area (Å²) < 4.78 is 106. The van der Waals surface area contributed by atoms with Gasteiger partial charge in [-0.1, -0.05) is 105 Å². The number of anilines is 1. The monoisotopic (exact) mass is 905 g/mol. The number of alkyl halides is 9. The van der Waals surface area contributed by atoms with E-state index in [1.54, 1.807) is 30.3 Å². The second kappa shape index (κ2) is 27.2. The van der Waals surface area contributed by atoms with Crippen molar-refractivity contribution in [2.24, 2.45) is 5.73 Å². The first kappa shape index (κ1) is 58.0. The van der Waals surface area contributed by atoms with E-state index in [9.17, 15) is 39.5 Å². The molecule has 0 spiro atoms. The Morgan fingerprint density at radius 3 is 1.14 bits per heavy atom. The summed E-state index contributed by atoms with van der Waals surface area (Å²) in [6, 6.07) is 46.3. The van der Waals surface area contributed by atoms with Crippen LogP contribution in [0, 0.1) is 0 Å². The van der Waals surface area contributed by atoms with Crippen LogP contribution in [0.1, 0.15) is 46.1 Å². The summed E-state index contributed by atoms with van der Waals surface area (Å²) in [5.74, 6) is 0.591. The van der Waals surface area contributed by atoms with Crippen LogP contribution < -0.4 is 43.4 Å². The predicted octanol–water partition coefficient (Wildman–Crippen LogP) is 5.53. The molecule has 5 rings (SSSR count). The van der Waals surface area contributed by atoms with E-state index in [2.05, 4.69) is 149 Å². The van der Waals surface area contributed by atoms with Gasteiger partial charge in [0.15, 0.2) is 6.04 Å². The van der Waals surface area contributed by atoms with Crippen molar-refractivity contribution in [1.82, 2.24) is 0 Å². The van der Waals surface area contributed by atoms with Crippen LogP contribution in [0.25, 0.3) is 0 Å². The molecule has 0 fully saturated rings. The van der Waals surface area contributed by atoms with Crippen LogP contribution in [-0.4, -0.2) is 64.1 Å². The Balaban J connectivity index is 0.000000746. The molecule has 0 aliphatic heterocycles. The number of nitrogens with one attached hydrogen (secondary N) is 3. The van der Waals surface area contributed by atoms with Crippen molar-refractivity contribution >= 4 is 28.4 Å². The smallest absolute Gasteiger partial charge is 0.348 e. The Morgan fingerprint density at radius 2 is 0.905 bits per heavy atom. The summed E-state index contributed by atoms with van der Waals surface area (Å²) in [5.41, 5.74) is 17.2. The lowest BCUT2D eigenvalue weighted by Crippen LogP contribution is -3.00. The molecule has 3 atom stereocenters. The summed E-state index contributed by atoms with van der Waals surface area (Å²) in [6.45, 7) is 7.31. The number of para-hydroxylation sites is 4. The van der Waals surface area contributed by atoms with Crippen molar-refractivity contribution < 1.29 is 71.8 Å². The number of nitrogens with two attached hydrogens (primary N) is 2. The van der Waals surface area contributed by atoms with E-state index < -0.39 is 35.9 Å². The van der Waals surface area contributed by atoms with Crippen LogP contribution in [0.4, 0.5) is 68.0 Å².